The van der Waals surface area contributed by atoms with E-state index in [0.29, 0.717) is 28.2 Å². The summed E-state index contributed by atoms with van der Waals surface area (Å²) in [5.41, 5.74) is 0.971. The van der Waals surface area contributed by atoms with Gasteiger partial charge in [-0.2, -0.15) is 0 Å². The number of benzene rings is 2. The van der Waals surface area contributed by atoms with Crippen molar-refractivity contribution in [3.63, 3.8) is 0 Å². The number of anilines is 2. The Labute approximate surface area is 176 Å². The van der Waals surface area contributed by atoms with E-state index in [0.717, 1.165) is 6.26 Å². The predicted molar refractivity (Wildman–Crippen MR) is 115 cm³/mol. The van der Waals surface area contributed by atoms with Crippen molar-refractivity contribution in [2.24, 2.45) is 5.18 Å². The molecule has 0 bridgehead atoms. The first-order chi connectivity index (χ1) is 14.8. The second kappa shape index (κ2) is 8.07. The third-order valence-corrected chi connectivity index (χ3v) is 5.45. The molecule has 4 rings (SSSR count). The fourth-order valence-corrected chi connectivity index (χ4v) is 3.48. The lowest BCUT2D eigenvalue weighted by atomic mass is 10.2. The van der Waals surface area contributed by atoms with Crippen LogP contribution in [0.5, 0.6) is 0 Å². The molecule has 0 fully saturated rings. The van der Waals surface area contributed by atoms with Crippen molar-refractivity contribution in [2.45, 2.75) is 4.90 Å². The van der Waals surface area contributed by atoms with Gasteiger partial charge in [0.2, 0.25) is 0 Å². The maximum absolute atomic E-state index is 13.8. The first-order valence-corrected chi connectivity index (χ1v) is 10.9. The summed E-state index contributed by atoms with van der Waals surface area (Å²) in [7, 11) is -3.31. The molecule has 0 radical (unpaired) electrons. The first-order valence-electron chi connectivity index (χ1n) is 8.97. The third-order valence-electron chi connectivity index (χ3n) is 4.32. The number of halogens is 1. The second-order valence-electron chi connectivity index (χ2n) is 6.61. The van der Waals surface area contributed by atoms with Crippen molar-refractivity contribution in [1.29, 1.82) is 0 Å². The SMILES string of the molecule is CS(=O)(=O)c1ccc(Nc2nc(/C=C/c3ccc(N=O)o3)nc3cc(F)ccc23)cc1. The molecule has 156 valence electrons. The van der Waals surface area contributed by atoms with E-state index in [1.165, 1.54) is 30.3 Å². The van der Waals surface area contributed by atoms with Crippen LogP contribution in [0.1, 0.15) is 11.6 Å². The minimum atomic E-state index is -3.31. The van der Waals surface area contributed by atoms with Crippen molar-refractivity contribution >= 4 is 50.3 Å². The largest absolute Gasteiger partial charge is 0.436 e. The average Bonchev–Trinajstić information content (AvgIpc) is 3.20. The lowest BCUT2D eigenvalue weighted by Crippen LogP contribution is -2.01. The first kappa shape index (κ1) is 20.4. The lowest BCUT2D eigenvalue weighted by Gasteiger charge is -2.10. The number of aromatic nitrogens is 2. The summed E-state index contributed by atoms with van der Waals surface area (Å²) in [6.07, 6.45) is 4.24. The molecule has 8 nitrogen and oxygen atoms in total. The van der Waals surface area contributed by atoms with Gasteiger partial charge < -0.3 is 9.73 Å². The minimum absolute atomic E-state index is 0.0546. The molecule has 0 spiro atoms. The summed E-state index contributed by atoms with van der Waals surface area (Å²) < 4.78 is 42.2. The number of nitroso groups, excluding NO2 is 1. The summed E-state index contributed by atoms with van der Waals surface area (Å²) in [6, 6.07) is 13.3. The Morgan fingerprint density at radius 3 is 2.48 bits per heavy atom. The fraction of sp³-hybridized carbons (Fsp3) is 0.0476. The van der Waals surface area contributed by atoms with E-state index < -0.39 is 15.7 Å². The van der Waals surface area contributed by atoms with E-state index in [9.17, 15) is 17.7 Å². The summed E-state index contributed by atoms with van der Waals surface area (Å²) in [4.78, 5) is 19.5. The summed E-state index contributed by atoms with van der Waals surface area (Å²) in [5.74, 6) is 0.554. The van der Waals surface area contributed by atoms with Crippen LogP contribution < -0.4 is 5.32 Å². The topological polar surface area (TPSA) is 115 Å². The van der Waals surface area contributed by atoms with Gasteiger partial charge in [-0.25, -0.2) is 22.8 Å². The number of hydrogen-bond donors (Lipinski definition) is 1. The van der Waals surface area contributed by atoms with Crippen molar-refractivity contribution in [3.05, 3.63) is 76.9 Å². The Morgan fingerprint density at radius 1 is 1.03 bits per heavy atom. The van der Waals surface area contributed by atoms with Gasteiger partial charge in [-0.15, -0.1) is 4.91 Å². The van der Waals surface area contributed by atoms with Crippen molar-refractivity contribution in [1.82, 2.24) is 9.97 Å². The summed E-state index contributed by atoms with van der Waals surface area (Å²) in [6.45, 7) is 0. The predicted octanol–water partition coefficient (Wildman–Crippen LogP) is 5.08. The van der Waals surface area contributed by atoms with Gasteiger partial charge >= 0.3 is 0 Å². The minimum Gasteiger partial charge on any atom is -0.436 e. The molecule has 4 aromatic rings. The molecule has 2 aromatic carbocycles. The highest BCUT2D eigenvalue weighted by Crippen LogP contribution is 2.26. The Balaban J connectivity index is 1.72. The Kier molecular flexibility index (Phi) is 5.30. The van der Waals surface area contributed by atoms with Gasteiger partial charge in [0, 0.05) is 34.6 Å². The van der Waals surface area contributed by atoms with Crippen molar-refractivity contribution < 1.29 is 17.2 Å². The van der Waals surface area contributed by atoms with Gasteiger partial charge in [0.05, 0.1) is 10.4 Å². The van der Waals surface area contributed by atoms with Crippen LogP contribution in [-0.2, 0) is 9.84 Å². The average molecular weight is 438 g/mol. The lowest BCUT2D eigenvalue weighted by molar-refractivity contribution is 0.567. The van der Waals surface area contributed by atoms with Crippen LogP contribution >= 0.6 is 0 Å². The molecule has 31 heavy (non-hydrogen) atoms. The van der Waals surface area contributed by atoms with E-state index in [-0.39, 0.29) is 16.6 Å². The van der Waals surface area contributed by atoms with E-state index >= 15 is 0 Å². The molecular formula is C21H15FN4O4S. The maximum atomic E-state index is 13.8. The van der Waals surface area contributed by atoms with Gasteiger partial charge in [-0.1, -0.05) is 0 Å². The molecule has 0 aliphatic heterocycles. The maximum Gasteiger partial charge on any atom is 0.260 e. The zero-order valence-corrected chi connectivity index (χ0v) is 16.9. The standard InChI is InChI=1S/C21H15FN4O4S/c1-31(28,29)16-7-3-14(4-8-16)23-21-17-9-2-13(22)12-18(17)24-19(25-21)10-5-15-6-11-20(26-27)30-15/h2-12H,1H3,(H,23,24,25)/b10-5+. The summed E-state index contributed by atoms with van der Waals surface area (Å²) >= 11 is 0. The monoisotopic (exact) mass is 438 g/mol. The van der Waals surface area contributed by atoms with Gasteiger partial charge in [0.15, 0.2) is 15.7 Å². The molecule has 2 heterocycles. The molecule has 0 unspecified atom stereocenters. The number of fused-ring (bicyclic) bond motifs is 1. The molecule has 0 saturated carbocycles. The van der Waals surface area contributed by atoms with Crippen LogP contribution in [0.2, 0.25) is 0 Å². The number of hydrogen-bond acceptors (Lipinski definition) is 8. The van der Waals surface area contributed by atoms with Crippen LogP contribution in [0.3, 0.4) is 0 Å². The van der Waals surface area contributed by atoms with Gasteiger partial charge in [-0.3, -0.25) is 0 Å². The Morgan fingerprint density at radius 2 is 1.81 bits per heavy atom. The number of nitrogens with one attached hydrogen (secondary N) is 1. The molecule has 0 amide bonds. The molecule has 0 aliphatic carbocycles. The molecule has 1 N–H and O–H groups in total. The number of sulfone groups is 1. The van der Waals surface area contributed by atoms with E-state index in [1.54, 1.807) is 36.4 Å². The number of rotatable bonds is 6. The van der Waals surface area contributed by atoms with Crippen LogP contribution in [0, 0.1) is 10.7 Å². The highest BCUT2D eigenvalue weighted by Gasteiger charge is 2.10. The van der Waals surface area contributed by atoms with E-state index in [1.807, 2.05) is 0 Å². The second-order valence-corrected chi connectivity index (χ2v) is 8.63. The summed E-state index contributed by atoms with van der Waals surface area (Å²) in [5, 5.41) is 6.40. The molecule has 2 aromatic heterocycles. The highest BCUT2D eigenvalue weighted by molar-refractivity contribution is 7.90. The van der Waals surface area contributed by atoms with Gasteiger partial charge in [-0.05, 0) is 54.6 Å². The zero-order chi connectivity index (χ0) is 22.0. The zero-order valence-electron chi connectivity index (χ0n) is 16.1. The Bertz CT molecular complexity index is 1410. The van der Waals surface area contributed by atoms with E-state index in [2.05, 4.69) is 20.5 Å². The smallest absolute Gasteiger partial charge is 0.260 e. The van der Waals surface area contributed by atoms with Crippen molar-refractivity contribution in [2.75, 3.05) is 11.6 Å². The van der Waals surface area contributed by atoms with Crippen LogP contribution in [0.25, 0.3) is 23.1 Å². The number of furan rings is 1. The fourth-order valence-electron chi connectivity index (χ4n) is 2.85. The number of nitrogens with zero attached hydrogens (tertiary/aromatic N) is 3. The van der Waals surface area contributed by atoms with E-state index in [4.69, 9.17) is 4.42 Å². The van der Waals surface area contributed by atoms with Crippen molar-refractivity contribution in [3.8, 4) is 0 Å². The van der Waals surface area contributed by atoms with Crippen LogP contribution in [-0.4, -0.2) is 24.6 Å². The molecule has 0 aliphatic rings. The van der Waals surface area contributed by atoms with Crippen LogP contribution in [0.15, 0.2) is 69.1 Å². The molecular weight excluding hydrogens is 423 g/mol. The third kappa shape index (κ3) is 4.64. The molecule has 0 saturated heterocycles. The van der Waals surface area contributed by atoms with Gasteiger partial charge in [0.1, 0.15) is 17.4 Å². The van der Waals surface area contributed by atoms with Crippen LogP contribution in [0.4, 0.5) is 21.8 Å². The quantitative estimate of drug-likeness (QED) is 0.418. The van der Waals surface area contributed by atoms with Gasteiger partial charge in [0.25, 0.3) is 5.88 Å². The highest BCUT2D eigenvalue weighted by atomic mass is 32.2. The molecule has 0 atom stereocenters. The normalized spacial score (nSPS) is 11.8. The molecule has 10 heteroatoms. The Hall–Kier alpha value is -3.92.